The molecule has 1 fully saturated rings. The van der Waals surface area contributed by atoms with Crippen molar-refractivity contribution in [2.45, 2.75) is 44.8 Å². The highest BCUT2D eigenvalue weighted by atomic mass is 35.5. The molecule has 2 atom stereocenters. The zero-order valence-electron chi connectivity index (χ0n) is 21.8. The molecule has 4 rings (SSSR count). The third kappa shape index (κ3) is 7.49. The smallest absolute Gasteiger partial charge is 0.389 e. The van der Waals surface area contributed by atoms with Gasteiger partial charge in [-0.1, -0.05) is 47.5 Å². The van der Waals surface area contributed by atoms with E-state index in [-0.39, 0.29) is 18.9 Å². The van der Waals surface area contributed by atoms with Crippen LogP contribution in [0.25, 0.3) is 11.1 Å². The van der Waals surface area contributed by atoms with Gasteiger partial charge in [0.1, 0.15) is 0 Å². The number of carboxylic acid groups (broad SMARTS) is 1. The Morgan fingerprint density at radius 2 is 1.70 bits per heavy atom. The maximum Gasteiger partial charge on any atom is 0.389 e. The Labute approximate surface area is 240 Å². The summed E-state index contributed by atoms with van der Waals surface area (Å²) in [5, 5.41) is 13.4. The van der Waals surface area contributed by atoms with Gasteiger partial charge in [-0.3, -0.25) is 9.59 Å². The average molecular weight is 593 g/mol. The molecule has 10 heteroatoms. The first-order valence-corrected chi connectivity index (χ1v) is 13.7. The Bertz CT molecular complexity index is 1380. The number of halogens is 5. The Morgan fingerprint density at radius 3 is 2.33 bits per heavy atom. The van der Waals surface area contributed by atoms with E-state index in [1.54, 1.807) is 36.4 Å². The van der Waals surface area contributed by atoms with Crippen LogP contribution in [0.15, 0.2) is 60.7 Å². The van der Waals surface area contributed by atoms with Crippen molar-refractivity contribution in [3.05, 3.63) is 87.4 Å². The number of aryl methyl sites for hydroxylation is 1. The first-order valence-electron chi connectivity index (χ1n) is 12.9. The molecular weight excluding hydrogens is 564 g/mol. The Balaban J connectivity index is 1.53. The lowest BCUT2D eigenvalue weighted by Gasteiger charge is -2.30. The first kappa shape index (κ1) is 29.7. The SMILES string of the molecule is Cc1cc(-c2ccc(Cl)c(Cl)c2)ccc1C(CCC(F)(F)F)Nc1ccc(C(=O)N2CCC[C@@H](C(=O)O)C2)cc1. The number of alkyl halides is 3. The highest BCUT2D eigenvalue weighted by molar-refractivity contribution is 6.42. The minimum absolute atomic E-state index is 0.158. The van der Waals surface area contributed by atoms with Gasteiger partial charge in [0.25, 0.3) is 5.91 Å². The molecule has 0 saturated carbocycles. The lowest BCUT2D eigenvalue weighted by atomic mass is 9.93. The summed E-state index contributed by atoms with van der Waals surface area (Å²) in [4.78, 5) is 25.8. The van der Waals surface area contributed by atoms with Gasteiger partial charge in [0.2, 0.25) is 0 Å². The van der Waals surface area contributed by atoms with E-state index in [4.69, 9.17) is 23.2 Å². The Morgan fingerprint density at radius 1 is 1.02 bits per heavy atom. The molecule has 5 nitrogen and oxygen atoms in total. The number of benzene rings is 3. The van der Waals surface area contributed by atoms with Crippen LogP contribution in [-0.2, 0) is 4.79 Å². The van der Waals surface area contributed by atoms with E-state index >= 15 is 0 Å². The number of anilines is 1. The standard InChI is InChI=1S/C30H29Cl2F3N2O3/c1-18-15-20(21-7-11-25(31)26(32)16-21)6-10-24(18)27(12-13-30(33,34)35)36-23-8-4-19(5-9-23)28(38)37-14-2-3-22(17-37)29(39)40/h4-11,15-16,22,27,36H,2-3,12-14,17H2,1H3,(H,39,40)/t22-,27?/m1/s1. The molecule has 1 heterocycles. The first-order chi connectivity index (χ1) is 18.9. The second kappa shape index (κ2) is 12.5. The normalized spacial score (nSPS) is 16.4. The monoisotopic (exact) mass is 592 g/mol. The summed E-state index contributed by atoms with van der Waals surface area (Å²) in [5.74, 6) is -1.76. The molecule has 1 saturated heterocycles. The van der Waals surface area contributed by atoms with Crippen molar-refractivity contribution in [3.63, 3.8) is 0 Å². The minimum Gasteiger partial charge on any atom is -0.481 e. The highest BCUT2D eigenvalue weighted by Crippen LogP contribution is 2.35. The summed E-state index contributed by atoms with van der Waals surface area (Å²) in [6.45, 7) is 2.49. The topological polar surface area (TPSA) is 69.6 Å². The van der Waals surface area contributed by atoms with Crippen LogP contribution in [0.5, 0.6) is 0 Å². The summed E-state index contributed by atoms with van der Waals surface area (Å²) in [6, 6.07) is 16.7. The van der Waals surface area contributed by atoms with Crippen LogP contribution in [0.1, 0.15) is 53.2 Å². The van der Waals surface area contributed by atoms with Crippen LogP contribution in [-0.4, -0.2) is 41.1 Å². The Kier molecular flexibility index (Phi) is 9.31. The van der Waals surface area contributed by atoms with E-state index in [9.17, 15) is 27.9 Å². The predicted molar refractivity (Wildman–Crippen MR) is 151 cm³/mol. The maximum absolute atomic E-state index is 13.2. The van der Waals surface area contributed by atoms with Crippen molar-refractivity contribution in [2.75, 3.05) is 18.4 Å². The van der Waals surface area contributed by atoms with Crippen molar-refractivity contribution >= 4 is 40.8 Å². The number of likely N-dealkylation sites (tertiary alicyclic amines) is 1. The molecule has 3 aromatic carbocycles. The largest absolute Gasteiger partial charge is 0.481 e. The van der Waals surface area contributed by atoms with Gasteiger partial charge in [0, 0.05) is 30.8 Å². The molecule has 0 bridgehead atoms. The molecular formula is C30H29Cl2F3N2O3. The lowest BCUT2D eigenvalue weighted by molar-refractivity contribution is -0.143. The zero-order chi connectivity index (χ0) is 29.0. The fourth-order valence-corrected chi connectivity index (χ4v) is 5.29. The molecule has 2 N–H and O–H groups in total. The molecule has 0 radical (unpaired) electrons. The summed E-state index contributed by atoms with van der Waals surface area (Å²) in [5.41, 5.74) is 4.20. The third-order valence-corrected chi connectivity index (χ3v) is 7.88. The van der Waals surface area contributed by atoms with Crippen LogP contribution in [0.2, 0.25) is 10.0 Å². The molecule has 1 unspecified atom stereocenters. The minimum atomic E-state index is -4.31. The van der Waals surface area contributed by atoms with Crippen LogP contribution < -0.4 is 5.32 Å². The molecule has 0 spiro atoms. The quantitative estimate of drug-likeness (QED) is 0.275. The van der Waals surface area contributed by atoms with Gasteiger partial charge in [-0.2, -0.15) is 13.2 Å². The van der Waals surface area contributed by atoms with Crippen LogP contribution in [0.4, 0.5) is 18.9 Å². The number of hydrogen-bond donors (Lipinski definition) is 2. The average Bonchev–Trinajstić information content (AvgIpc) is 2.92. The number of carboxylic acids is 1. The van der Waals surface area contributed by atoms with Gasteiger partial charge >= 0.3 is 12.1 Å². The number of hydrogen-bond acceptors (Lipinski definition) is 3. The summed E-state index contributed by atoms with van der Waals surface area (Å²) in [6.07, 6.45) is -4.30. The second-order valence-corrected chi connectivity index (χ2v) is 10.9. The van der Waals surface area contributed by atoms with Crippen LogP contribution in [0.3, 0.4) is 0 Å². The molecule has 0 aliphatic carbocycles. The van der Waals surface area contributed by atoms with E-state index in [0.29, 0.717) is 40.7 Å². The van der Waals surface area contributed by atoms with Crippen LogP contribution in [0, 0.1) is 12.8 Å². The van der Waals surface area contributed by atoms with Gasteiger partial charge in [0.15, 0.2) is 0 Å². The van der Waals surface area contributed by atoms with Crippen molar-refractivity contribution < 1.29 is 27.9 Å². The number of nitrogens with one attached hydrogen (secondary N) is 1. The summed E-state index contributed by atoms with van der Waals surface area (Å²) >= 11 is 12.2. The zero-order valence-corrected chi connectivity index (χ0v) is 23.3. The number of nitrogens with zero attached hydrogens (tertiary/aromatic N) is 1. The van der Waals surface area contributed by atoms with E-state index < -0.39 is 30.5 Å². The van der Waals surface area contributed by atoms with Crippen molar-refractivity contribution in [3.8, 4) is 11.1 Å². The van der Waals surface area contributed by atoms with Gasteiger partial charge in [0.05, 0.1) is 22.0 Å². The number of carbonyl (C=O) groups is 2. The number of amides is 1. The molecule has 1 amide bonds. The van der Waals surface area contributed by atoms with E-state index in [1.807, 2.05) is 31.2 Å². The number of rotatable bonds is 8. The van der Waals surface area contributed by atoms with Crippen molar-refractivity contribution in [2.24, 2.45) is 5.92 Å². The molecule has 40 heavy (non-hydrogen) atoms. The lowest BCUT2D eigenvalue weighted by Crippen LogP contribution is -2.42. The van der Waals surface area contributed by atoms with E-state index in [0.717, 1.165) is 22.3 Å². The summed E-state index contributed by atoms with van der Waals surface area (Å²) < 4.78 is 39.6. The molecule has 1 aliphatic heterocycles. The molecule has 212 valence electrons. The molecule has 3 aromatic rings. The number of carbonyl (C=O) groups excluding carboxylic acids is 1. The summed E-state index contributed by atoms with van der Waals surface area (Å²) in [7, 11) is 0. The molecule has 1 aliphatic rings. The number of aliphatic carboxylic acids is 1. The second-order valence-electron chi connectivity index (χ2n) is 10.1. The fourth-order valence-electron chi connectivity index (χ4n) is 4.99. The van der Waals surface area contributed by atoms with Crippen LogP contribution >= 0.6 is 23.2 Å². The van der Waals surface area contributed by atoms with Gasteiger partial charge in [-0.25, -0.2) is 0 Å². The predicted octanol–water partition coefficient (Wildman–Crippen LogP) is 8.40. The highest BCUT2D eigenvalue weighted by Gasteiger charge is 2.30. The third-order valence-electron chi connectivity index (χ3n) is 7.15. The fraction of sp³-hybridized carbons (Fsp3) is 0.333. The maximum atomic E-state index is 13.2. The van der Waals surface area contributed by atoms with E-state index in [2.05, 4.69) is 5.32 Å². The van der Waals surface area contributed by atoms with Crippen molar-refractivity contribution in [1.82, 2.24) is 4.90 Å². The van der Waals surface area contributed by atoms with Gasteiger partial charge < -0.3 is 15.3 Å². The van der Waals surface area contributed by atoms with Gasteiger partial charge in [-0.05, 0) is 84.8 Å². The van der Waals surface area contributed by atoms with Gasteiger partial charge in [-0.15, -0.1) is 0 Å². The Hall–Kier alpha value is -3.23. The molecule has 0 aromatic heterocycles. The van der Waals surface area contributed by atoms with E-state index in [1.165, 1.54) is 4.90 Å². The van der Waals surface area contributed by atoms with Crippen molar-refractivity contribution in [1.29, 1.82) is 0 Å². The number of piperidine rings is 1.